The van der Waals surface area contributed by atoms with Crippen LogP contribution < -0.4 is 0 Å². The van der Waals surface area contributed by atoms with Gasteiger partial charge in [-0.3, -0.25) is 4.79 Å². The number of furan rings is 1. The molecule has 1 amide bonds. The van der Waals surface area contributed by atoms with Crippen LogP contribution in [0.25, 0.3) is 11.0 Å². The molecule has 0 fully saturated rings. The molecule has 2 N–H and O–H groups in total. The summed E-state index contributed by atoms with van der Waals surface area (Å²) >= 11 is 0. The molecule has 0 saturated carbocycles. The quantitative estimate of drug-likeness (QED) is 0.879. The van der Waals surface area contributed by atoms with Gasteiger partial charge in [-0.2, -0.15) is 0 Å². The van der Waals surface area contributed by atoms with Crippen LogP contribution in [-0.2, 0) is 0 Å². The molecular formula is C15H18FNO4. The van der Waals surface area contributed by atoms with Crippen LogP contribution in [0.4, 0.5) is 4.39 Å². The highest BCUT2D eigenvalue weighted by Gasteiger charge is 2.28. The second-order valence-corrected chi connectivity index (χ2v) is 5.58. The summed E-state index contributed by atoms with van der Waals surface area (Å²) in [4.78, 5) is 13.6. The number of carbonyl (C=O) groups excluding carboxylic acids is 1. The summed E-state index contributed by atoms with van der Waals surface area (Å²) in [6.45, 7) is 1.36. The second kappa shape index (κ2) is 5.83. The summed E-state index contributed by atoms with van der Waals surface area (Å²) in [6, 6.07) is 5.50. The van der Waals surface area contributed by atoms with Gasteiger partial charge in [0.2, 0.25) is 0 Å². The highest BCUT2D eigenvalue weighted by atomic mass is 19.1. The van der Waals surface area contributed by atoms with Gasteiger partial charge in [-0.05, 0) is 24.3 Å². The molecule has 0 aliphatic heterocycles. The van der Waals surface area contributed by atoms with Crippen molar-refractivity contribution >= 4 is 16.9 Å². The van der Waals surface area contributed by atoms with E-state index in [-0.39, 0.29) is 31.4 Å². The normalized spacial score (nSPS) is 11.9. The van der Waals surface area contributed by atoms with Crippen molar-refractivity contribution in [3.05, 3.63) is 35.8 Å². The van der Waals surface area contributed by atoms with E-state index in [1.807, 2.05) is 0 Å². The standard InChI is InChI=1S/C15H18FNO4/c1-15(8-18,9-19)7-17(2)14(20)13-6-10-5-11(16)3-4-12(10)21-13/h3-6,18-19H,7-9H2,1-2H3. The summed E-state index contributed by atoms with van der Waals surface area (Å²) in [5.41, 5.74) is -0.358. The van der Waals surface area contributed by atoms with Crippen LogP contribution in [-0.4, -0.2) is 47.8 Å². The van der Waals surface area contributed by atoms with Gasteiger partial charge in [0, 0.05) is 24.4 Å². The lowest BCUT2D eigenvalue weighted by Gasteiger charge is -2.29. The third-order valence-electron chi connectivity index (χ3n) is 3.42. The number of rotatable bonds is 5. The summed E-state index contributed by atoms with van der Waals surface area (Å²) in [5, 5.41) is 19.0. The lowest BCUT2D eigenvalue weighted by Crippen LogP contribution is -2.41. The maximum atomic E-state index is 13.1. The molecule has 0 unspecified atom stereocenters. The Kier molecular flexibility index (Phi) is 4.29. The number of carbonyl (C=O) groups is 1. The topological polar surface area (TPSA) is 73.9 Å². The van der Waals surface area contributed by atoms with Crippen molar-refractivity contribution in [1.29, 1.82) is 0 Å². The maximum Gasteiger partial charge on any atom is 0.289 e. The Balaban J connectivity index is 2.21. The molecule has 0 atom stereocenters. The Hall–Kier alpha value is -1.92. The van der Waals surface area contributed by atoms with Crippen molar-refractivity contribution < 1.29 is 23.8 Å². The first-order chi connectivity index (χ1) is 9.88. The van der Waals surface area contributed by atoms with E-state index in [4.69, 9.17) is 4.42 Å². The van der Waals surface area contributed by atoms with Crippen LogP contribution in [0.1, 0.15) is 17.5 Å². The van der Waals surface area contributed by atoms with E-state index in [0.29, 0.717) is 11.0 Å². The Morgan fingerprint density at radius 1 is 1.33 bits per heavy atom. The van der Waals surface area contributed by atoms with Crippen LogP contribution in [0.2, 0.25) is 0 Å². The third-order valence-corrected chi connectivity index (χ3v) is 3.42. The second-order valence-electron chi connectivity index (χ2n) is 5.58. The first kappa shape index (κ1) is 15.5. The third kappa shape index (κ3) is 3.22. The fourth-order valence-electron chi connectivity index (χ4n) is 2.10. The molecule has 1 heterocycles. The zero-order chi connectivity index (χ0) is 15.6. The number of nitrogens with zero attached hydrogens (tertiary/aromatic N) is 1. The molecule has 0 bridgehead atoms. The molecular weight excluding hydrogens is 277 g/mol. The molecule has 2 aromatic rings. The van der Waals surface area contributed by atoms with Gasteiger partial charge in [0.25, 0.3) is 5.91 Å². The number of benzene rings is 1. The van der Waals surface area contributed by atoms with Crippen molar-refractivity contribution in [1.82, 2.24) is 4.90 Å². The minimum atomic E-state index is -0.789. The van der Waals surface area contributed by atoms with Gasteiger partial charge in [0.05, 0.1) is 13.2 Å². The van der Waals surface area contributed by atoms with Crippen LogP contribution in [0.15, 0.2) is 28.7 Å². The van der Waals surface area contributed by atoms with Gasteiger partial charge < -0.3 is 19.5 Å². The van der Waals surface area contributed by atoms with Crippen molar-refractivity contribution in [3.8, 4) is 0 Å². The lowest BCUT2D eigenvalue weighted by atomic mass is 9.92. The fraction of sp³-hybridized carbons (Fsp3) is 0.400. The molecule has 21 heavy (non-hydrogen) atoms. The van der Waals surface area contributed by atoms with Crippen LogP contribution in [0.3, 0.4) is 0 Å². The van der Waals surface area contributed by atoms with Crippen LogP contribution in [0.5, 0.6) is 0 Å². The Morgan fingerprint density at radius 3 is 2.62 bits per heavy atom. The SMILES string of the molecule is CN(CC(C)(CO)CO)C(=O)c1cc2cc(F)ccc2o1. The molecule has 0 saturated heterocycles. The van der Waals surface area contributed by atoms with E-state index >= 15 is 0 Å². The minimum absolute atomic E-state index is 0.0938. The first-order valence-corrected chi connectivity index (χ1v) is 6.55. The zero-order valence-electron chi connectivity index (χ0n) is 12.0. The number of hydrogen-bond donors (Lipinski definition) is 2. The Morgan fingerprint density at radius 2 is 2.00 bits per heavy atom. The lowest BCUT2D eigenvalue weighted by molar-refractivity contribution is 0.0353. The number of halogens is 1. The van der Waals surface area contributed by atoms with Gasteiger partial charge in [0.15, 0.2) is 5.76 Å². The first-order valence-electron chi connectivity index (χ1n) is 6.55. The predicted molar refractivity (Wildman–Crippen MR) is 75.4 cm³/mol. The zero-order valence-corrected chi connectivity index (χ0v) is 12.0. The van der Waals surface area contributed by atoms with Crippen molar-refractivity contribution in [2.24, 2.45) is 5.41 Å². The summed E-state index contributed by atoms with van der Waals surface area (Å²) in [5.74, 6) is -0.695. The number of hydrogen-bond acceptors (Lipinski definition) is 4. The van der Waals surface area contributed by atoms with Crippen LogP contribution >= 0.6 is 0 Å². The maximum absolute atomic E-state index is 13.1. The summed E-state index contributed by atoms with van der Waals surface area (Å²) in [7, 11) is 1.56. The minimum Gasteiger partial charge on any atom is -0.451 e. The number of amides is 1. The fourth-order valence-corrected chi connectivity index (χ4v) is 2.10. The van der Waals surface area contributed by atoms with E-state index in [9.17, 15) is 19.4 Å². The molecule has 2 rings (SSSR count). The molecule has 1 aromatic carbocycles. The summed E-state index contributed by atoms with van der Waals surface area (Å²) in [6.07, 6.45) is 0. The highest BCUT2D eigenvalue weighted by molar-refractivity contribution is 5.96. The molecule has 5 nitrogen and oxygen atoms in total. The van der Waals surface area contributed by atoms with E-state index in [0.717, 1.165) is 0 Å². The Bertz CT molecular complexity index is 648. The van der Waals surface area contributed by atoms with E-state index in [1.165, 1.54) is 29.2 Å². The number of aliphatic hydroxyl groups excluding tert-OH is 2. The van der Waals surface area contributed by atoms with Gasteiger partial charge >= 0.3 is 0 Å². The molecule has 114 valence electrons. The van der Waals surface area contributed by atoms with Crippen molar-refractivity contribution in [3.63, 3.8) is 0 Å². The van der Waals surface area contributed by atoms with Crippen molar-refractivity contribution in [2.45, 2.75) is 6.92 Å². The number of aliphatic hydroxyl groups is 2. The molecule has 1 aromatic heterocycles. The molecule has 0 aliphatic rings. The average molecular weight is 295 g/mol. The van der Waals surface area contributed by atoms with E-state index in [2.05, 4.69) is 0 Å². The smallest absolute Gasteiger partial charge is 0.289 e. The number of fused-ring (bicyclic) bond motifs is 1. The molecule has 0 spiro atoms. The van der Waals surface area contributed by atoms with Crippen molar-refractivity contribution in [2.75, 3.05) is 26.8 Å². The predicted octanol–water partition coefficient (Wildman–Crippen LogP) is 1.63. The summed E-state index contributed by atoms with van der Waals surface area (Å²) < 4.78 is 18.5. The van der Waals surface area contributed by atoms with E-state index < -0.39 is 11.2 Å². The van der Waals surface area contributed by atoms with Gasteiger partial charge in [-0.25, -0.2) is 4.39 Å². The monoisotopic (exact) mass is 295 g/mol. The van der Waals surface area contributed by atoms with E-state index in [1.54, 1.807) is 14.0 Å². The van der Waals surface area contributed by atoms with Gasteiger partial charge in [0.1, 0.15) is 11.4 Å². The molecule has 0 radical (unpaired) electrons. The van der Waals surface area contributed by atoms with Gasteiger partial charge in [-0.1, -0.05) is 6.92 Å². The largest absolute Gasteiger partial charge is 0.451 e. The van der Waals surface area contributed by atoms with Gasteiger partial charge in [-0.15, -0.1) is 0 Å². The van der Waals surface area contributed by atoms with Crippen LogP contribution in [0, 0.1) is 11.2 Å². The molecule has 0 aliphatic carbocycles. The molecule has 6 heteroatoms. The highest BCUT2D eigenvalue weighted by Crippen LogP contribution is 2.22. The average Bonchev–Trinajstić information content (AvgIpc) is 2.89. The Labute approximate surface area is 121 Å².